The van der Waals surface area contributed by atoms with Crippen LogP contribution in [0.2, 0.25) is 5.02 Å². The van der Waals surface area contributed by atoms with E-state index >= 15 is 0 Å². The molecule has 2 amide bonds. The highest BCUT2D eigenvalue weighted by Crippen LogP contribution is 2.29. The summed E-state index contributed by atoms with van der Waals surface area (Å²) in [4.78, 5) is 42.9. The molecule has 1 atom stereocenters. The molecule has 3 aromatic carbocycles. The van der Waals surface area contributed by atoms with Crippen molar-refractivity contribution in [2.24, 2.45) is 0 Å². The number of ether oxygens (including phenoxy) is 1. The SMILES string of the molecule is COc1ccc2oc(C(=O)N[C@H](C=C3CCN(c4ccccc4CN4CCCC4=O)CC3)Cc3ccc(Cl)cc3)cc(=O)c2c1. The molecule has 4 aromatic rings. The molecule has 2 aliphatic heterocycles. The third kappa shape index (κ3) is 7.23. The summed E-state index contributed by atoms with van der Waals surface area (Å²) in [5, 5.41) is 4.10. The maximum absolute atomic E-state index is 13.4. The van der Waals surface area contributed by atoms with E-state index in [1.807, 2.05) is 35.2 Å². The number of nitrogens with zero attached hydrogens (tertiary/aromatic N) is 2. The van der Waals surface area contributed by atoms with E-state index in [4.69, 9.17) is 20.8 Å². The molecular weight excluding hydrogens is 590 g/mol. The summed E-state index contributed by atoms with van der Waals surface area (Å²) in [6.45, 7) is 3.13. The van der Waals surface area contributed by atoms with Crippen molar-refractivity contribution in [1.82, 2.24) is 10.2 Å². The lowest BCUT2D eigenvalue weighted by molar-refractivity contribution is -0.128. The van der Waals surface area contributed by atoms with E-state index in [0.29, 0.717) is 41.1 Å². The summed E-state index contributed by atoms with van der Waals surface area (Å²) in [5.74, 6) is 0.270. The molecular formula is C36H36ClN3O5. The monoisotopic (exact) mass is 625 g/mol. The number of piperidine rings is 1. The average molecular weight is 626 g/mol. The minimum Gasteiger partial charge on any atom is -0.497 e. The molecule has 0 radical (unpaired) electrons. The van der Waals surface area contributed by atoms with E-state index in [9.17, 15) is 14.4 Å². The second-order valence-corrected chi connectivity index (χ2v) is 12.0. The molecule has 2 fully saturated rings. The zero-order valence-electron chi connectivity index (χ0n) is 25.3. The van der Waals surface area contributed by atoms with Crippen molar-refractivity contribution in [1.29, 1.82) is 0 Å². The molecule has 1 aromatic heterocycles. The first-order valence-electron chi connectivity index (χ1n) is 15.3. The third-order valence-corrected chi connectivity index (χ3v) is 8.80. The Morgan fingerprint density at radius 2 is 1.78 bits per heavy atom. The molecule has 6 rings (SSSR count). The molecule has 1 N–H and O–H groups in total. The number of hydrogen-bond donors (Lipinski definition) is 1. The van der Waals surface area contributed by atoms with E-state index in [-0.39, 0.29) is 23.1 Å². The first-order chi connectivity index (χ1) is 21.9. The van der Waals surface area contributed by atoms with Gasteiger partial charge in [0.05, 0.1) is 18.5 Å². The van der Waals surface area contributed by atoms with E-state index in [1.54, 1.807) is 18.2 Å². The summed E-state index contributed by atoms with van der Waals surface area (Å²) < 4.78 is 11.1. The quantitative estimate of drug-likeness (QED) is 0.225. The first kappa shape index (κ1) is 30.5. The number of fused-ring (bicyclic) bond motifs is 1. The zero-order chi connectivity index (χ0) is 31.3. The Hall–Kier alpha value is -4.56. The number of anilines is 1. The van der Waals surface area contributed by atoms with Crippen LogP contribution in [-0.2, 0) is 17.8 Å². The van der Waals surface area contributed by atoms with Crippen LogP contribution in [0.25, 0.3) is 11.0 Å². The number of carbonyl (C=O) groups excluding carboxylic acids is 2. The Labute approximate surface area is 267 Å². The van der Waals surface area contributed by atoms with Crippen LogP contribution in [0, 0.1) is 0 Å². The standard InChI is InChI=1S/C36H36ClN3O5/c1-44-29-12-13-33-30(21-29)32(41)22-34(45-33)36(43)38-28(19-24-8-10-27(37)11-9-24)20-25-14-17-39(18-15-25)31-6-3-2-5-26(31)23-40-16-4-7-35(40)42/h2-3,5-6,8-13,20-22,28H,4,7,14-19,23H2,1H3,(H,38,43)/t28-/m0/s1. The van der Waals surface area contributed by atoms with Gasteiger partial charge < -0.3 is 24.3 Å². The van der Waals surface area contributed by atoms with Gasteiger partial charge in [-0.2, -0.15) is 0 Å². The van der Waals surface area contributed by atoms with E-state index in [0.717, 1.165) is 44.5 Å². The van der Waals surface area contributed by atoms with Gasteiger partial charge in [-0.05, 0) is 73.2 Å². The predicted molar refractivity (Wildman–Crippen MR) is 176 cm³/mol. The fraction of sp³-hybridized carbons (Fsp3) is 0.306. The zero-order valence-corrected chi connectivity index (χ0v) is 26.0. The van der Waals surface area contributed by atoms with Gasteiger partial charge in [-0.3, -0.25) is 14.4 Å². The first-order valence-corrected chi connectivity index (χ1v) is 15.7. The normalized spacial score (nSPS) is 15.8. The Bertz CT molecular complexity index is 1790. The average Bonchev–Trinajstić information content (AvgIpc) is 3.46. The molecule has 8 nitrogen and oxygen atoms in total. The fourth-order valence-electron chi connectivity index (χ4n) is 6.16. The summed E-state index contributed by atoms with van der Waals surface area (Å²) in [7, 11) is 1.53. The van der Waals surface area contributed by atoms with Crippen molar-refractivity contribution in [3.63, 3.8) is 0 Å². The number of benzene rings is 3. The van der Waals surface area contributed by atoms with Gasteiger partial charge in [0.25, 0.3) is 5.91 Å². The Balaban J connectivity index is 1.19. The number of amides is 2. The Morgan fingerprint density at radius 1 is 1.00 bits per heavy atom. The molecule has 232 valence electrons. The fourth-order valence-corrected chi connectivity index (χ4v) is 6.28. The van der Waals surface area contributed by atoms with Gasteiger partial charge in [-0.1, -0.05) is 53.6 Å². The molecule has 0 bridgehead atoms. The van der Waals surface area contributed by atoms with Crippen molar-refractivity contribution in [3.8, 4) is 5.75 Å². The molecule has 0 saturated carbocycles. The van der Waals surface area contributed by atoms with Crippen LogP contribution < -0.4 is 20.4 Å². The molecule has 0 spiro atoms. The molecule has 45 heavy (non-hydrogen) atoms. The molecule has 3 heterocycles. The second-order valence-electron chi connectivity index (χ2n) is 11.6. The predicted octanol–water partition coefficient (Wildman–Crippen LogP) is 6.15. The molecule has 9 heteroatoms. The van der Waals surface area contributed by atoms with Crippen LogP contribution in [0.1, 0.15) is 47.4 Å². The minimum absolute atomic E-state index is 0.0416. The van der Waals surface area contributed by atoms with Crippen molar-refractivity contribution in [2.75, 3.05) is 31.6 Å². The highest BCUT2D eigenvalue weighted by molar-refractivity contribution is 6.30. The van der Waals surface area contributed by atoms with Gasteiger partial charge in [0.2, 0.25) is 5.91 Å². The van der Waals surface area contributed by atoms with Crippen LogP contribution >= 0.6 is 11.6 Å². The van der Waals surface area contributed by atoms with Crippen molar-refractivity contribution in [2.45, 2.75) is 44.7 Å². The molecule has 2 aliphatic rings. The van der Waals surface area contributed by atoms with Gasteiger partial charge in [-0.15, -0.1) is 0 Å². The van der Waals surface area contributed by atoms with Crippen LogP contribution in [0.15, 0.2) is 93.7 Å². The topological polar surface area (TPSA) is 92.1 Å². The minimum atomic E-state index is -0.455. The number of hydrogen-bond acceptors (Lipinski definition) is 6. The lowest BCUT2D eigenvalue weighted by Gasteiger charge is -2.33. The molecule has 0 aliphatic carbocycles. The van der Waals surface area contributed by atoms with Gasteiger partial charge in [0.15, 0.2) is 11.2 Å². The number of nitrogens with one attached hydrogen (secondary N) is 1. The van der Waals surface area contributed by atoms with E-state index in [1.165, 1.54) is 30.0 Å². The summed E-state index contributed by atoms with van der Waals surface area (Å²) in [6, 6.07) is 21.8. The van der Waals surface area contributed by atoms with Crippen LogP contribution in [0.3, 0.4) is 0 Å². The Morgan fingerprint density at radius 3 is 2.51 bits per heavy atom. The van der Waals surface area contributed by atoms with Gasteiger partial charge in [-0.25, -0.2) is 0 Å². The van der Waals surface area contributed by atoms with Crippen molar-refractivity contribution in [3.05, 3.63) is 117 Å². The van der Waals surface area contributed by atoms with Crippen molar-refractivity contribution < 1.29 is 18.7 Å². The third-order valence-electron chi connectivity index (χ3n) is 8.55. The summed E-state index contributed by atoms with van der Waals surface area (Å²) >= 11 is 6.12. The van der Waals surface area contributed by atoms with Gasteiger partial charge in [0, 0.05) is 49.4 Å². The number of carbonyl (C=O) groups is 2. The van der Waals surface area contributed by atoms with E-state index in [2.05, 4.69) is 34.5 Å². The van der Waals surface area contributed by atoms with Crippen LogP contribution in [-0.4, -0.2) is 49.5 Å². The largest absolute Gasteiger partial charge is 0.497 e. The second kappa shape index (κ2) is 13.6. The Kier molecular flexibility index (Phi) is 9.21. The number of likely N-dealkylation sites (tertiary alicyclic amines) is 1. The highest BCUT2D eigenvalue weighted by Gasteiger charge is 2.24. The lowest BCUT2D eigenvalue weighted by Crippen LogP contribution is -2.37. The van der Waals surface area contributed by atoms with Crippen molar-refractivity contribution >= 4 is 40.1 Å². The molecule has 2 saturated heterocycles. The van der Waals surface area contributed by atoms with Gasteiger partial charge in [0.1, 0.15) is 11.3 Å². The molecule has 0 unspecified atom stereocenters. The highest BCUT2D eigenvalue weighted by atomic mass is 35.5. The smallest absolute Gasteiger partial charge is 0.287 e. The van der Waals surface area contributed by atoms with Gasteiger partial charge >= 0.3 is 0 Å². The maximum atomic E-state index is 13.4. The summed E-state index contributed by atoms with van der Waals surface area (Å²) in [5.41, 5.74) is 4.63. The number of halogens is 1. The van der Waals surface area contributed by atoms with Crippen LogP contribution in [0.4, 0.5) is 5.69 Å². The van der Waals surface area contributed by atoms with E-state index < -0.39 is 5.91 Å². The number of para-hydroxylation sites is 1. The van der Waals surface area contributed by atoms with Crippen LogP contribution in [0.5, 0.6) is 5.75 Å². The summed E-state index contributed by atoms with van der Waals surface area (Å²) in [6.07, 6.45) is 5.94. The lowest BCUT2D eigenvalue weighted by atomic mass is 9.97. The maximum Gasteiger partial charge on any atom is 0.287 e. The number of rotatable bonds is 9. The number of methoxy groups -OCH3 is 1.